The molecule has 0 heterocycles. The van der Waals surface area contributed by atoms with Crippen molar-refractivity contribution in [2.75, 3.05) is 20.3 Å². The maximum atomic E-state index is 12.1. The van der Waals surface area contributed by atoms with E-state index in [2.05, 4.69) is 52.6 Å². The number of methoxy groups -OCH3 is 1. The molecular formula is C21H32O4Si. The predicted molar refractivity (Wildman–Crippen MR) is 108 cm³/mol. The number of carbonyl (C=O) groups excluding carboxylic acids is 1. The van der Waals surface area contributed by atoms with Gasteiger partial charge in [0.1, 0.15) is 5.75 Å². The van der Waals surface area contributed by atoms with Crippen molar-refractivity contribution >= 4 is 14.3 Å². The van der Waals surface area contributed by atoms with Crippen LogP contribution in [0.5, 0.6) is 5.75 Å². The topological polar surface area (TPSA) is 44.8 Å². The highest BCUT2D eigenvalue weighted by Gasteiger charge is 2.36. The fraction of sp³-hybridized carbons (Fsp3) is 0.571. The van der Waals surface area contributed by atoms with E-state index in [1.165, 1.54) is 7.11 Å². The van der Waals surface area contributed by atoms with Crippen molar-refractivity contribution in [3.05, 3.63) is 29.3 Å². The van der Waals surface area contributed by atoms with Crippen LogP contribution in [0.2, 0.25) is 18.1 Å². The number of hydrogen-bond donors (Lipinski definition) is 0. The number of carbonyl (C=O) groups is 1. The third kappa shape index (κ3) is 6.51. The molecule has 0 unspecified atom stereocenters. The third-order valence-electron chi connectivity index (χ3n) is 4.70. The highest BCUT2D eigenvalue weighted by Crippen LogP contribution is 2.36. The Kier molecular flexibility index (Phi) is 8.39. The Labute approximate surface area is 159 Å². The normalized spacial score (nSPS) is 11.5. The molecule has 0 amide bonds. The maximum absolute atomic E-state index is 12.1. The average molecular weight is 377 g/mol. The highest BCUT2D eigenvalue weighted by atomic mass is 28.4. The number of hydrogen-bond acceptors (Lipinski definition) is 4. The molecule has 0 atom stereocenters. The van der Waals surface area contributed by atoms with E-state index in [1.807, 2.05) is 6.07 Å². The number of ether oxygens (including phenoxy) is 2. The lowest BCUT2D eigenvalue weighted by molar-refractivity contribution is 0.0600. The van der Waals surface area contributed by atoms with Crippen LogP contribution < -0.4 is 4.74 Å². The minimum atomic E-state index is -1.83. The molecule has 0 aromatic heterocycles. The molecule has 0 saturated heterocycles. The summed E-state index contributed by atoms with van der Waals surface area (Å²) in [6.45, 7) is 14.0. The molecule has 1 aromatic rings. The van der Waals surface area contributed by atoms with Crippen LogP contribution >= 0.6 is 0 Å². The van der Waals surface area contributed by atoms with Crippen molar-refractivity contribution in [1.82, 2.24) is 0 Å². The Morgan fingerprint density at radius 2 is 1.92 bits per heavy atom. The summed E-state index contributed by atoms with van der Waals surface area (Å²) >= 11 is 0. The minimum Gasteiger partial charge on any atom is -0.494 e. The monoisotopic (exact) mass is 376 g/mol. The predicted octanol–water partition coefficient (Wildman–Crippen LogP) is 5.03. The second-order valence-corrected chi connectivity index (χ2v) is 12.6. The van der Waals surface area contributed by atoms with Crippen LogP contribution in [0.15, 0.2) is 18.2 Å². The largest absolute Gasteiger partial charge is 0.494 e. The lowest BCUT2D eigenvalue weighted by Gasteiger charge is -2.35. The van der Waals surface area contributed by atoms with Gasteiger partial charge in [0.05, 0.1) is 25.9 Å². The van der Waals surface area contributed by atoms with E-state index >= 15 is 0 Å². The Hall–Kier alpha value is -1.77. The Balaban J connectivity index is 2.91. The molecule has 0 aliphatic carbocycles. The van der Waals surface area contributed by atoms with Crippen LogP contribution in [0.25, 0.3) is 0 Å². The summed E-state index contributed by atoms with van der Waals surface area (Å²) < 4.78 is 16.6. The Morgan fingerprint density at radius 1 is 1.23 bits per heavy atom. The molecule has 0 aliphatic heterocycles. The summed E-state index contributed by atoms with van der Waals surface area (Å²) in [7, 11) is -0.461. The van der Waals surface area contributed by atoms with Crippen molar-refractivity contribution in [2.45, 2.75) is 58.7 Å². The molecular weight excluding hydrogens is 344 g/mol. The number of unbranched alkanes of at least 4 members (excludes halogenated alkanes) is 1. The molecule has 0 fully saturated rings. The summed E-state index contributed by atoms with van der Waals surface area (Å²) in [6.07, 6.45) is 2.03. The highest BCUT2D eigenvalue weighted by molar-refractivity contribution is 6.74. The molecule has 0 radical (unpaired) electrons. The van der Waals surface area contributed by atoms with Gasteiger partial charge >= 0.3 is 5.97 Å². The van der Waals surface area contributed by atoms with Crippen LogP contribution in [0, 0.1) is 11.8 Å². The second-order valence-electron chi connectivity index (χ2n) is 7.75. The summed E-state index contributed by atoms with van der Waals surface area (Å²) in [6, 6.07) is 5.33. The van der Waals surface area contributed by atoms with Gasteiger partial charge in [0.15, 0.2) is 8.32 Å². The standard InChI is InChI=1S/C21H32O4Si/c1-8-9-14-24-18-13-12-17(19(16-18)20(22)23-5)11-10-15-25-26(6,7)21(2,3)4/h12-13,16H,8-9,14-15H2,1-7H3. The first-order chi connectivity index (χ1) is 12.1. The van der Waals surface area contributed by atoms with Gasteiger partial charge in [0.25, 0.3) is 0 Å². The average Bonchev–Trinajstić information content (AvgIpc) is 2.58. The van der Waals surface area contributed by atoms with Gasteiger partial charge in [0.2, 0.25) is 0 Å². The van der Waals surface area contributed by atoms with E-state index in [9.17, 15) is 4.79 Å². The minimum absolute atomic E-state index is 0.142. The molecule has 4 nitrogen and oxygen atoms in total. The first-order valence-electron chi connectivity index (χ1n) is 9.10. The number of esters is 1. The molecule has 0 bridgehead atoms. The molecule has 0 aliphatic rings. The van der Waals surface area contributed by atoms with Gasteiger partial charge in [-0.2, -0.15) is 0 Å². The van der Waals surface area contributed by atoms with Crippen molar-refractivity contribution < 1.29 is 18.7 Å². The lowest BCUT2D eigenvalue weighted by atomic mass is 10.1. The molecule has 5 heteroatoms. The van der Waals surface area contributed by atoms with Crippen LogP contribution in [0.1, 0.15) is 56.5 Å². The van der Waals surface area contributed by atoms with Crippen molar-refractivity contribution in [2.24, 2.45) is 0 Å². The first-order valence-corrected chi connectivity index (χ1v) is 12.0. The summed E-state index contributed by atoms with van der Waals surface area (Å²) in [4.78, 5) is 12.1. The summed E-state index contributed by atoms with van der Waals surface area (Å²) in [5.41, 5.74) is 1.04. The Morgan fingerprint density at radius 3 is 2.50 bits per heavy atom. The molecule has 0 N–H and O–H groups in total. The van der Waals surface area contributed by atoms with Crippen molar-refractivity contribution in [3.63, 3.8) is 0 Å². The molecule has 144 valence electrons. The van der Waals surface area contributed by atoms with Gasteiger partial charge in [-0.05, 0) is 42.8 Å². The van der Waals surface area contributed by atoms with Gasteiger partial charge in [0, 0.05) is 5.56 Å². The molecule has 26 heavy (non-hydrogen) atoms. The van der Waals surface area contributed by atoms with Crippen LogP contribution in [0.3, 0.4) is 0 Å². The van der Waals surface area contributed by atoms with Gasteiger partial charge in [-0.3, -0.25) is 0 Å². The fourth-order valence-electron chi connectivity index (χ4n) is 1.90. The van der Waals surface area contributed by atoms with E-state index < -0.39 is 14.3 Å². The zero-order valence-corrected chi connectivity index (χ0v) is 18.2. The molecule has 1 rings (SSSR count). The van der Waals surface area contributed by atoms with E-state index in [0.717, 1.165) is 12.8 Å². The van der Waals surface area contributed by atoms with Gasteiger partial charge < -0.3 is 13.9 Å². The van der Waals surface area contributed by atoms with Gasteiger partial charge in [-0.1, -0.05) is 46.0 Å². The summed E-state index contributed by atoms with van der Waals surface area (Å²) in [5, 5.41) is 0.142. The van der Waals surface area contributed by atoms with Crippen molar-refractivity contribution in [3.8, 4) is 17.6 Å². The smallest absolute Gasteiger partial charge is 0.339 e. The quantitative estimate of drug-likeness (QED) is 0.290. The molecule has 0 saturated carbocycles. The second kappa shape index (κ2) is 9.80. The number of rotatable bonds is 7. The van der Waals surface area contributed by atoms with Gasteiger partial charge in [-0.25, -0.2) is 4.79 Å². The third-order valence-corrected chi connectivity index (χ3v) is 9.18. The van der Waals surface area contributed by atoms with E-state index in [0.29, 0.717) is 30.1 Å². The summed E-state index contributed by atoms with van der Waals surface area (Å²) in [5.74, 6) is 6.31. The van der Waals surface area contributed by atoms with Crippen molar-refractivity contribution in [1.29, 1.82) is 0 Å². The molecule has 1 aromatic carbocycles. The van der Waals surface area contributed by atoms with Crippen LogP contribution in [0.4, 0.5) is 0 Å². The fourth-order valence-corrected chi connectivity index (χ4v) is 2.77. The van der Waals surface area contributed by atoms with E-state index in [4.69, 9.17) is 13.9 Å². The zero-order chi connectivity index (χ0) is 19.8. The zero-order valence-electron chi connectivity index (χ0n) is 17.2. The van der Waals surface area contributed by atoms with E-state index in [1.54, 1.807) is 12.1 Å². The SMILES string of the molecule is CCCCOc1ccc(C#CCO[Si](C)(C)C(C)(C)C)c(C(=O)OC)c1. The first kappa shape index (κ1) is 22.3. The van der Waals surface area contributed by atoms with Crippen LogP contribution in [-0.2, 0) is 9.16 Å². The van der Waals surface area contributed by atoms with E-state index in [-0.39, 0.29) is 5.04 Å². The number of benzene rings is 1. The lowest BCUT2D eigenvalue weighted by Crippen LogP contribution is -2.40. The van der Waals surface area contributed by atoms with Gasteiger partial charge in [-0.15, -0.1) is 0 Å². The molecule has 0 spiro atoms. The maximum Gasteiger partial charge on any atom is 0.339 e. The Bertz CT molecular complexity index is 663. The van der Waals surface area contributed by atoms with Crippen LogP contribution in [-0.4, -0.2) is 34.6 Å².